The van der Waals surface area contributed by atoms with Crippen LogP contribution in [0.1, 0.15) is 62.4 Å². The normalized spacial score (nSPS) is 20.5. The second-order valence-corrected chi connectivity index (χ2v) is 12.1. The lowest BCUT2D eigenvalue weighted by Gasteiger charge is -2.24. The molecule has 254 valence electrons. The molecule has 1 aliphatic carbocycles. The Morgan fingerprint density at radius 1 is 0.894 bits per heavy atom. The first-order valence-corrected chi connectivity index (χ1v) is 16.0. The molecule has 1 saturated carbocycles. The first-order valence-electron chi connectivity index (χ1n) is 16.0. The number of hydrogen-bond donors (Lipinski definition) is 4. The first-order chi connectivity index (χ1) is 22.5. The fraction of sp³-hybridized carbons (Fsp3) is 0.500. The first kappa shape index (κ1) is 35.1. The smallest absolute Gasteiger partial charge is 0.251 e. The highest BCUT2D eigenvalue weighted by molar-refractivity contribution is 5.95. The van der Waals surface area contributed by atoms with Gasteiger partial charge in [0, 0.05) is 44.1 Å². The van der Waals surface area contributed by atoms with Crippen molar-refractivity contribution >= 4 is 29.5 Å². The van der Waals surface area contributed by atoms with Crippen LogP contribution in [-0.2, 0) is 25.7 Å². The van der Waals surface area contributed by atoms with Gasteiger partial charge in [0.15, 0.2) is 23.0 Å². The van der Waals surface area contributed by atoms with E-state index in [-0.39, 0.29) is 61.5 Å². The fourth-order valence-corrected chi connectivity index (χ4v) is 5.17. The molecule has 1 fully saturated rings. The Morgan fingerprint density at radius 2 is 1.57 bits per heavy atom. The lowest BCUT2D eigenvalue weighted by atomic mass is 10.0. The van der Waals surface area contributed by atoms with Crippen LogP contribution in [0.3, 0.4) is 0 Å². The van der Waals surface area contributed by atoms with Gasteiger partial charge in [-0.2, -0.15) is 0 Å². The van der Waals surface area contributed by atoms with E-state index in [2.05, 4.69) is 21.3 Å². The van der Waals surface area contributed by atoms with Gasteiger partial charge in [-0.1, -0.05) is 19.9 Å². The van der Waals surface area contributed by atoms with Crippen molar-refractivity contribution in [3.63, 3.8) is 0 Å². The van der Waals surface area contributed by atoms with Crippen LogP contribution in [0, 0.1) is 11.8 Å². The highest BCUT2D eigenvalue weighted by Crippen LogP contribution is 2.37. The van der Waals surface area contributed by atoms with E-state index in [1.165, 1.54) is 14.2 Å². The second kappa shape index (κ2) is 16.1. The van der Waals surface area contributed by atoms with Crippen molar-refractivity contribution in [3.05, 3.63) is 47.5 Å². The van der Waals surface area contributed by atoms with E-state index in [0.29, 0.717) is 41.5 Å². The highest BCUT2D eigenvalue weighted by atomic mass is 16.5. The molecular weight excluding hydrogens is 606 g/mol. The van der Waals surface area contributed by atoms with Gasteiger partial charge < -0.3 is 40.4 Å². The highest BCUT2D eigenvalue weighted by Gasteiger charge is 2.33. The van der Waals surface area contributed by atoms with Gasteiger partial charge in [-0.3, -0.25) is 24.0 Å². The Hall–Kier alpha value is -4.81. The van der Waals surface area contributed by atoms with Gasteiger partial charge in [-0.05, 0) is 68.0 Å². The summed E-state index contributed by atoms with van der Waals surface area (Å²) in [6.45, 7) is 6.20. The van der Waals surface area contributed by atoms with Gasteiger partial charge in [-0.15, -0.1) is 0 Å². The lowest BCUT2D eigenvalue weighted by Crippen LogP contribution is -2.54. The van der Waals surface area contributed by atoms with Crippen molar-refractivity contribution in [2.45, 2.75) is 65.1 Å². The standard InChI is InChI=1S/C34H45N5O8/c1-20(2)30-33(43)36-19-22-8-12-25(27(17-22)45-4)47-26-13-11-24(18-28(26)46-5)32(42)35-14-16-39(34(44)23-9-10-23)15-6-7-29(40)37-21(3)31(41)38-30/h8,11-13,17-18,20-21,23,30H,6-7,9-10,14-16,19H2,1-5H3,(H,35,42)(H,36,43)(H,37,40)(H,38,41)/t21-,30+/m1/s1. The van der Waals surface area contributed by atoms with Crippen molar-refractivity contribution in [2.75, 3.05) is 33.9 Å². The molecule has 0 unspecified atom stereocenters. The molecular formula is C34H45N5O8. The molecule has 0 spiro atoms. The summed E-state index contributed by atoms with van der Waals surface area (Å²) in [5.41, 5.74) is 1.08. The van der Waals surface area contributed by atoms with Crippen LogP contribution < -0.4 is 35.5 Å². The van der Waals surface area contributed by atoms with E-state index >= 15 is 0 Å². The van der Waals surface area contributed by atoms with Crippen LogP contribution in [0.4, 0.5) is 0 Å². The van der Waals surface area contributed by atoms with Crippen molar-refractivity contribution in [1.29, 1.82) is 0 Å². The Bertz CT molecular complexity index is 1470. The van der Waals surface area contributed by atoms with E-state index in [0.717, 1.165) is 18.4 Å². The number of fused-ring (bicyclic) bond motifs is 2. The molecule has 13 nitrogen and oxygen atoms in total. The summed E-state index contributed by atoms with van der Waals surface area (Å²) in [4.78, 5) is 66.4. The summed E-state index contributed by atoms with van der Waals surface area (Å²) in [6, 6.07) is 8.30. The fourth-order valence-electron chi connectivity index (χ4n) is 5.17. The quantitative estimate of drug-likeness (QED) is 0.392. The van der Waals surface area contributed by atoms with Crippen LogP contribution in [0.5, 0.6) is 23.0 Å². The molecule has 6 rings (SSSR count). The maximum Gasteiger partial charge on any atom is 0.251 e. The minimum Gasteiger partial charge on any atom is -0.493 e. The zero-order chi connectivity index (χ0) is 34.1. The zero-order valence-electron chi connectivity index (χ0n) is 27.6. The number of nitrogens with zero attached hydrogens (tertiary/aromatic N) is 1. The van der Waals surface area contributed by atoms with E-state index in [9.17, 15) is 24.0 Å². The topological polar surface area (TPSA) is 164 Å². The Kier molecular flexibility index (Phi) is 12.0. The monoisotopic (exact) mass is 651 g/mol. The Balaban J connectivity index is 1.57. The van der Waals surface area contributed by atoms with Gasteiger partial charge in [-0.25, -0.2) is 0 Å². The summed E-state index contributed by atoms with van der Waals surface area (Å²) >= 11 is 0. The molecule has 0 saturated heterocycles. The molecule has 47 heavy (non-hydrogen) atoms. The van der Waals surface area contributed by atoms with Crippen LogP contribution in [0.2, 0.25) is 0 Å². The molecule has 2 atom stereocenters. The zero-order valence-corrected chi connectivity index (χ0v) is 27.6. The number of rotatable bonds is 4. The number of carbonyl (C=O) groups excluding carboxylic acids is 5. The maximum atomic E-state index is 13.1. The number of carbonyl (C=O) groups is 5. The Morgan fingerprint density at radius 3 is 2.23 bits per heavy atom. The number of methoxy groups -OCH3 is 2. The third kappa shape index (κ3) is 9.60. The molecule has 4 aliphatic rings. The number of nitrogens with one attached hydrogen (secondary N) is 4. The predicted octanol–water partition coefficient (Wildman–Crippen LogP) is 2.52. The number of amides is 5. The van der Waals surface area contributed by atoms with Crippen LogP contribution in [-0.4, -0.2) is 80.4 Å². The van der Waals surface area contributed by atoms with E-state index in [1.54, 1.807) is 48.2 Å². The third-order valence-electron chi connectivity index (χ3n) is 8.10. The summed E-state index contributed by atoms with van der Waals surface area (Å²) in [5, 5.41) is 11.2. The largest absolute Gasteiger partial charge is 0.493 e. The number of ether oxygens (including phenoxy) is 3. The summed E-state index contributed by atoms with van der Waals surface area (Å²) < 4.78 is 17.2. The number of hydrogen-bond acceptors (Lipinski definition) is 8. The average molecular weight is 652 g/mol. The van der Waals surface area contributed by atoms with Crippen LogP contribution >= 0.6 is 0 Å². The van der Waals surface area contributed by atoms with Gasteiger partial charge in [0.2, 0.25) is 23.6 Å². The molecule has 3 aliphatic heterocycles. The van der Waals surface area contributed by atoms with Crippen molar-refractivity contribution in [1.82, 2.24) is 26.2 Å². The molecule has 3 heterocycles. The molecule has 4 N–H and O–H groups in total. The maximum absolute atomic E-state index is 13.1. The summed E-state index contributed by atoms with van der Waals surface area (Å²) in [7, 11) is 2.97. The molecule has 2 aromatic rings. The lowest BCUT2D eigenvalue weighted by molar-refractivity contribution is -0.133. The van der Waals surface area contributed by atoms with Crippen LogP contribution in [0.15, 0.2) is 36.4 Å². The molecule has 13 heteroatoms. The van der Waals surface area contributed by atoms with Crippen molar-refractivity contribution < 1.29 is 38.2 Å². The molecule has 2 aromatic carbocycles. The average Bonchev–Trinajstić information content (AvgIpc) is 3.90. The van der Waals surface area contributed by atoms with Gasteiger partial charge in [0.25, 0.3) is 5.91 Å². The van der Waals surface area contributed by atoms with Gasteiger partial charge in [0.1, 0.15) is 12.1 Å². The van der Waals surface area contributed by atoms with Crippen molar-refractivity contribution in [3.8, 4) is 23.0 Å². The molecule has 0 radical (unpaired) electrons. The van der Waals surface area contributed by atoms with Gasteiger partial charge >= 0.3 is 0 Å². The Labute approximate surface area is 275 Å². The third-order valence-corrected chi connectivity index (χ3v) is 8.10. The summed E-state index contributed by atoms with van der Waals surface area (Å²) in [5.74, 6) is -0.294. The second-order valence-electron chi connectivity index (χ2n) is 12.1. The van der Waals surface area contributed by atoms with E-state index < -0.39 is 18.0 Å². The molecule has 5 amide bonds. The number of benzene rings is 2. The minimum absolute atomic E-state index is 0.00481. The molecule has 0 aromatic heterocycles. The van der Waals surface area contributed by atoms with Crippen LogP contribution in [0.25, 0.3) is 0 Å². The van der Waals surface area contributed by atoms with E-state index in [1.807, 2.05) is 13.8 Å². The minimum atomic E-state index is -0.876. The van der Waals surface area contributed by atoms with Crippen molar-refractivity contribution in [2.24, 2.45) is 11.8 Å². The SMILES string of the molecule is COc1cc2ccc1Oc1ccc(cc1OC)C(=O)NCCN(C(=O)C1CC1)CCCC(=O)N[C@H](C)C(=O)N[C@@H](C(C)C)C(=O)NC2. The summed E-state index contributed by atoms with van der Waals surface area (Å²) in [6.07, 6.45) is 2.14. The van der Waals surface area contributed by atoms with Gasteiger partial charge in [0.05, 0.1) is 14.2 Å². The predicted molar refractivity (Wildman–Crippen MR) is 173 cm³/mol. The van der Waals surface area contributed by atoms with E-state index in [4.69, 9.17) is 14.2 Å². The molecule has 4 bridgehead atoms.